The number of anilines is 1. The third-order valence-corrected chi connectivity index (χ3v) is 8.51. The number of ether oxygens (including phenoxy) is 1. The second-order valence-corrected chi connectivity index (χ2v) is 10.3. The molecule has 0 spiro atoms. The van der Waals surface area contributed by atoms with Crippen molar-refractivity contribution in [2.75, 3.05) is 5.73 Å². The largest absolute Gasteiger partial charge is 0.508 e. The lowest BCUT2D eigenvalue weighted by atomic mass is 9.54. The number of carbonyl (C=O) groups is 4. The lowest BCUT2D eigenvalue weighted by Gasteiger charge is -2.53. The van der Waals surface area contributed by atoms with Crippen LogP contribution in [-0.2, 0) is 19.1 Å². The Morgan fingerprint density at radius 2 is 1.83 bits per heavy atom. The van der Waals surface area contributed by atoms with E-state index in [2.05, 4.69) is 0 Å². The van der Waals surface area contributed by atoms with Crippen molar-refractivity contribution in [1.29, 1.82) is 0 Å². The fourth-order valence-electron chi connectivity index (χ4n) is 6.31. The molecule has 0 saturated heterocycles. The molecule has 5 rings (SSSR count). The number of fused-ring (bicyclic) bond motifs is 3. The topological polar surface area (TPSA) is 210 Å². The number of phenols is 1. The molecular weight excluding hydrogens is 472 g/mol. The molecule has 2 saturated carbocycles. The monoisotopic (exact) mass is 500 g/mol. The Morgan fingerprint density at radius 3 is 2.42 bits per heavy atom. The summed E-state index contributed by atoms with van der Waals surface area (Å²) in [6, 6.07) is 2.97. The number of hydrogen-bond acceptors (Lipinski definition) is 10. The first-order valence-electron chi connectivity index (χ1n) is 11.9. The van der Waals surface area contributed by atoms with Gasteiger partial charge in [0, 0.05) is 17.4 Å². The van der Waals surface area contributed by atoms with Gasteiger partial charge in [-0.25, -0.2) is 0 Å². The fraction of sp³-hybridized carbons (Fsp3) is 0.520. The first kappa shape index (κ1) is 24.3. The summed E-state index contributed by atoms with van der Waals surface area (Å²) in [7, 11) is 0. The summed E-state index contributed by atoms with van der Waals surface area (Å²) in [5.74, 6) is -10.7. The van der Waals surface area contributed by atoms with Crippen LogP contribution in [0.15, 0.2) is 23.5 Å². The van der Waals surface area contributed by atoms with Gasteiger partial charge < -0.3 is 36.6 Å². The molecule has 11 heteroatoms. The molecule has 36 heavy (non-hydrogen) atoms. The highest BCUT2D eigenvalue weighted by Crippen LogP contribution is 2.56. The fourth-order valence-corrected chi connectivity index (χ4v) is 6.31. The number of hydrogen-bond donors (Lipinski definition) is 6. The molecule has 7 atom stereocenters. The summed E-state index contributed by atoms with van der Waals surface area (Å²) in [6.45, 7) is 1.70. The molecule has 0 heterocycles. The van der Waals surface area contributed by atoms with Crippen LogP contribution >= 0.6 is 0 Å². The number of ketones is 2. The van der Waals surface area contributed by atoms with Gasteiger partial charge in [0.1, 0.15) is 23.5 Å². The second kappa shape index (κ2) is 8.04. The lowest BCUT2D eigenvalue weighted by Crippen LogP contribution is -2.67. The van der Waals surface area contributed by atoms with Crippen LogP contribution in [-0.4, -0.2) is 61.7 Å². The Kier molecular flexibility index (Phi) is 5.42. The van der Waals surface area contributed by atoms with Gasteiger partial charge in [-0.15, -0.1) is 0 Å². The minimum atomic E-state index is -2.82. The van der Waals surface area contributed by atoms with E-state index in [1.54, 1.807) is 13.0 Å². The number of rotatable bonds is 3. The van der Waals surface area contributed by atoms with Crippen LogP contribution < -0.4 is 11.5 Å². The predicted molar refractivity (Wildman–Crippen MR) is 122 cm³/mol. The van der Waals surface area contributed by atoms with Crippen LogP contribution in [0.2, 0.25) is 0 Å². The van der Waals surface area contributed by atoms with Gasteiger partial charge in [-0.3, -0.25) is 19.2 Å². The Labute approximate surface area is 205 Å². The van der Waals surface area contributed by atoms with Crippen LogP contribution in [0.3, 0.4) is 0 Å². The Bertz CT molecular complexity index is 1240. The van der Waals surface area contributed by atoms with Crippen molar-refractivity contribution in [3.8, 4) is 5.75 Å². The van der Waals surface area contributed by atoms with Gasteiger partial charge >= 0.3 is 5.97 Å². The number of aliphatic hydroxyl groups excluding tert-OH is 2. The third-order valence-electron chi connectivity index (χ3n) is 8.51. The van der Waals surface area contributed by atoms with E-state index in [0.717, 1.165) is 6.42 Å². The minimum Gasteiger partial charge on any atom is -0.508 e. The number of aromatic hydroxyl groups is 1. The molecule has 0 bridgehead atoms. The number of Topliss-reactive ketones (excluding diaryl/α,β-unsaturated/α-hetero) is 2. The van der Waals surface area contributed by atoms with Crippen LogP contribution in [0.5, 0.6) is 5.75 Å². The molecule has 192 valence electrons. The van der Waals surface area contributed by atoms with Gasteiger partial charge in [0.25, 0.3) is 0 Å². The standard InChI is InChI=1S/C25H28N2O9/c1-8-10-5-6-12(26)18(29)15(10)19(30)17-14(8)20(36-24(34)9-3-2-4-9)11-7-13(28)16(23(27)33)21(31)25(11,35)22(17)32/h5-6,8-9,11,13-14,16,20,28-29,32,35H,2-4,7,26H2,1H3,(H2,27,33)/t8-,11+,13?,14+,16?,20+,25+/m0/s1. The van der Waals surface area contributed by atoms with Crippen LogP contribution in [0.25, 0.3) is 0 Å². The Morgan fingerprint density at radius 1 is 1.17 bits per heavy atom. The number of nitrogens with two attached hydrogens (primary N) is 2. The van der Waals surface area contributed by atoms with E-state index in [0.29, 0.717) is 18.4 Å². The highest BCUT2D eigenvalue weighted by molar-refractivity contribution is 6.16. The highest BCUT2D eigenvalue weighted by Gasteiger charge is 2.67. The van der Waals surface area contributed by atoms with E-state index in [4.69, 9.17) is 16.2 Å². The maximum Gasteiger partial charge on any atom is 0.309 e. The zero-order valence-corrected chi connectivity index (χ0v) is 19.5. The smallest absolute Gasteiger partial charge is 0.309 e. The third kappa shape index (κ3) is 3.05. The molecule has 0 aliphatic heterocycles. The average molecular weight is 501 g/mol. The molecule has 8 N–H and O–H groups in total. The number of phenolic OH excluding ortho intramolecular Hbond substituents is 1. The molecule has 1 aromatic rings. The summed E-state index contributed by atoms with van der Waals surface area (Å²) in [5.41, 5.74) is 7.98. The van der Waals surface area contributed by atoms with E-state index in [1.165, 1.54) is 6.07 Å². The van der Waals surface area contributed by atoms with E-state index in [9.17, 15) is 39.6 Å². The summed E-state index contributed by atoms with van der Waals surface area (Å²) >= 11 is 0. The molecular formula is C25H28N2O9. The van der Waals surface area contributed by atoms with Crippen molar-refractivity contribution < 1.29 is 44.3 Å². The quantitative estimate of drug-likeness (QED) is 0.144. The van der Waals surface area contributed by atoms with Crippen LogP contribution in [0.1, 0.15) is 54.4 Å². The summed E-state index contributed by atoms with van der Waals surface area (Å²) in [5, 5.41) is 44.2. The number of primary amides is 1. The second-order valence-electron chi connectivity index (χ2n) is 10.3. The number of benzene rings is 1. The molecule has 1 aromatic carbocycles. The number of carbonyl (C=O) groups excluding carboxylic acids is 4. The van der Waals surface area contributed by atoms with Crippen molar-refractivity contribution >= 4 is 29.1 Å². The SMILES string of the molecule is C[C@H]1c2ccc(N)c(O)c2C(=O)C2=C(O)[C@]3(O)C(=O)C(C(N)=O)C(O)C[C@@H]3[C@@H](OC(=O)C3CCC3)[C@@H]21. The van der Waals surface area contributed by atoms with Crippen molar-refractivity contribution in [2.24, 2.45) is 29.4 Å². The molecule has 0 radical (unpaired) electrons. The van der Waals surface area contributed by atoms with Gasteiger partial charge in [-0.2, -0.15) is 0 Å². The summed E-state index contributed by atoms with van der Waals surface area (Å²) in [4.78, 5) is 52.0. The predicted octanol–water partition coefficient (Wildman–Crippen LogP) is 0.211. The maximum atomic E-state index is 13.7. The van der Waals surface area contributed by atoms with Gasteiger partial charge in [0.05, 0.1) is 23.3 Å². The average Bonchev–Trinajstić information content (AvgIpc) is 2.76. The number of esters is 1. The Hall–Kier alpha value is -3.44. The highest BCUT2D eigenvalue weighted by atomic mass is 16.5. The lowest BCUT2D eigenvalue weighted by molar-refractivity contribution is -0.193. The normalized spacial score (nSPS) is 35.9. The van der Waals surface area contributed by atoms with Gasteiger partial charge in [-0.05, 0) is 36.8 Å². The van der Waals surface area contributed by atoms with Crippen molar-refractivity contribution in [3.05, 3.63) is 34.6 Å². The molecule has 4 aliphatic rings. The molecule has 1 amide bonds. The van der Waals surface area contributed by atoms with E-state index in [1.807, 2.05) is 0 Å². The van der Waals surface area contributed by atoms with Crippen molar-refractivity contribution in [2.45, 2.75) is 56.3 Å². The summed E-state index contributed by atoms with van der Waals surface area (Å²) in [6.07, 6.45) is -1.23. The van der Waals surface area contributed by atoms with Gasteiger partial charge in [0.2, 0.25) is 5.91 Å². The summed E-state index contributed by atoms with van der Waals surface area (Å²) < 4.78 is 5.86. The van der Waals surface area contributed by atoms with Crippen LogP contribution in [0, 0.1) is 23.7 Å². The molecule has 0 aromatic heterocycles. The first-order chi connectivity index (χ1) is 16.9. The Balaban J connectivity index is 1.73. The molecule has 11 nitrogen and oxygen atoms in total. The molecule has 2 unspecified atom stereocenters. The number of amides is 1. The zero-order chi connectivity index (χ0) is 26.3. The van der Waals surface area contributed by atoms with E-state index < -0.39 is 88.4 Å². The number of nitrogen functional groups attached to an aromatic ring is 1. The van der Waals surface area contributed by atoms with Gasteiger partial charge in [-0.1, -0.05) is 19.4 Å². The first-order valence-corrected chi connectivity index (χ1v) is 11.9. The minimum absolute atomic E-state index is 0.0844. The van der Waals surface area contributed by atoms with Crippen LogP contribution in [0.4, 0.5) is 5.69 Å². The maximum absolute atomic E-state index is 13.7. The van der Waals surface area contributed by atoms with E-state index in [-0.39, 0.29) is 17.2 Å². The zero-order valence-electron chi connectivity index (χ0n) is 19.5. The van der Waals surface area contributed by atoms with Crippen molar-refractivity contribution in [1.82, 2.24) is 0 Å². The molecule has 2 fully saturated rings. The van der Waals surface area contributed by atoms with Gasteiger partial charge in [0.15, 0.2) is 17.2 Å². The van der Waals surface area contributed by atoms with E-state index >= 15 is 0 Å². The van der Waals surface area contributed by atoms with Crippen molar-refractivity contribution in [3.63, 3.8) is 0 Å². The molecule has 4 aliphatic carbocycles. The number of aliphatic hydroxyl groups is 3.